The molecule has 2 rings (SSSR count). The molecular formula is C10H14ClF3N4. The molecule has 1 aliphatic carbocycles. The second-order valence-corrected chi connectivity index (χ2v) is 4.25. The van der Waals surface area contributed by atoms with Crippen molar-refractivity contribution in [2.75, 3.05) is 11.9 Å². The normalized spacial score (nSPS) is 22.9. The third-order valence-corrected chi connectivity index (χ3v) is 2.99. The van der Waals surface area contributed by atoms with Crippen LogP contribution in [0.1, 0.15) is 18.5 Å². The van der Waals surface area contributed by atoms with Gasteiger partial charge in [0.15, 0.2) is 5.69 Å². The number of aromatic nitrogens is 2. The van der Waals surface area contributed by atoms with Gasteiger partial charge in [0.1, 0.15) is 5.82 Å². The molecule has 0 amide bonds. The molecular weight excluding hydrogens is 269 g/mol. The zero-order valence-corrected chi connectivity index (χ0v) is 10.5. The van der Waals surface area contributed by atoms with Gasteiger partial charge in [-0.2, -0.15) is 13.2 Å². The molecule has 1 fully saturated rings. The van der Waals surface area contributed by atoms with E-state index in [0.29, 0.717) is 5.82 Å². The molecule has 1 saturated carbocycles. The topological polar surface area (TPSA) is 55.0 Å². The van der Waals surface area contributed by atoms with E-state index in [1.165, 1.54) is 0 Å². The first kappa shape index (κ1) is 15.0. The van der Waals surface area contributed by atoms with E-state index in [-0.39, 0.29) is 24.5 Å². The van der Waals surface area contributed by atoms with E-state index in [0.717, 1.165) is 25.2 Å². The Kier molecular flexibility index (Phi) is 4.39. The SMILES string of the molecule is CN(c1cnc(C(F)(F)F)cn1)C1CC(N)C1.Cl. The Hall–Kier alpha value is -1.08. The predicted octanol–water partition coefficient (Wildman–Crippen LogP) is 1.84. The molecule has 2 N–H and O–H groups in total. The third kappa shape index (κ3) is 3.02. The first-order chi connectivity index (χ1) is 7.88. The molecule has 0 bridgehead atoms. The predicted molar refractivity (Wildman–Crippen MR) is 63.7 cm³/mol. The Morgan fingerprint density at radius 2 is 1.89 bits per heavy atom. The van der Waals surface area contributed by atoms with Crippen molar-refractivity contribution >= 4 is 18.2 Å². The van der Waals surface area contributed by atoms with Crippen LogP contribution in [-0.4, -0.2) is 29.1 Å². The molecule has 4 nitrogen and oxygen atoms in total. The summed E-state index contributed by atoms with van der Waals surface area (Å²) < 4.78 is 36.8. The van der Waals surface area contributed by atoms with E-state index in [4.69, 9.17) is 5.73 Å². The van der Waals surface area contributed by atoms with Gasteiger partial charge in [-0.05, 0) is 12.8 Å². The molecule has 0 atom stereocenters. The number of nitrogens with zero attached hydrogens (tertiary/aromatic N) is 3. The van der Waals surface area contributed by atoms with Gasteiger partial charge in [0.2, 0.25) is 0 Å². The largest absolute Gasteiger partial charge is 0.434 e. The molecule has 0 aromatic carbocycles. The molecule has 0 aliphatic heterocycles. The summed E-state index contributed by atoms with van der Waals surface area (Å²) in [6.45, 7) is 0. The number of anilines is 1. The maximum Gasteiger partial charge on any atom is 0.434 e. The van der Waals surface area contributed by atoms with Gasteiger partial charge in [-0.25, -0.2) is 9.97 Å². The van der Waals surface area contributed by atoms with Crippen molar-refractivity contribution in [2.24, 2.45) is 5.73 Å². The van der Waals surface area contributed by atoms with Crippen LogP contribution >= 0.6 is 12.4 Å². The summed E-state index contributed by atoms with van der Waals surface area (Å²) in [5.41, 5.74) is 4.68. The minimum atomic E-state index is -4.44. The first-order valence-corrected chi connectivity index (χ1v) is 5.25. The summed E-state index contributed by atoms with van der Waals surface area (Å²) in [7, 11) is 1.79. The van der Waals surface area contributed by atoms with E-state index in [2.05, 4.69) is 9.97 Å². The van der Waals surface area contributed by atoms with Crippen LogP contribution in [0.2, 0.25) is 0 Å². The van der Waals surface area contributed by atoms with Gasteiger partial charge < -0.3 is 10.6 Å². The minimum absolute atomic E-state index is 0. The zero-order chi connectivity index (χ0) is 12.6. The number of nitrogens with two attached hydrogens (primary N) is 1. The van der Waals surface area contributed by atoms with E-state index in [1.807, 2.05) is 4.90 Å². The molecule has 8 heteroatoms. The lowest BCUT2D eigenvalue weighted by atomic mass is 9.86. The summed E-state index contributed by atoms with van der Waals surface area (Å²) in [5.74, 6) is 0.440. The van der Waals surface area contributed by atoms with Crippen LogP contribution in [0.5, 0.6) is 0 Å². The lowest BCUT2D eigenvalue weighted by Crippen LogP contribution is -2.49. The summed E-state index contributed by atoms with van der Waals surface area (Å²) in [6.07, 6.45) is -0.877. The molecule has 0 spiro atoms. The van der Waals surface area contributed by atoms with E-state index in [1.54, 1.807) is 7.05 Å². The molecule has 18 heavy (non-hydrogen) atoms. The summed E-state index contributed by atoms with van der Waals surface area (Å²) in [5, 5.41) is 0. The molecule has 102 valence electrons. The Balaban J connectivity index is 0.00000162. The van der Waals surface area contributed by atoms with Gasteiger partial charge in [-0.3, -0.25) is 0 Å². The van der Waals surface area contributed by atoms with E-state index >= 15 is 0 Å². The highest BCUT2D eigenvalue weighted by Gasteiger charge is 2.34. The van der Waals surface area contributed by atoms with Crippen LogP contribution in [-0.2, 0) is 6.18 Å². The molecule has 1 aromatic rings. The van der Waals surface area contributed by atoms with Gasteiger partial charge >= 0.3 is 6.18 Å². The summed E-state index contributed by atoms with van der Waals surface area (Å²) in [4.78, 5) is 8.96. The third-order valence-electron chi connectivity index (χ3n) is 2.99. The molecule has 1 heterocycles. The number of hydrogen-bond acceptors (Lipinski definition) is 4. The fourth-order valence-corrected chi connectivity index (χ4v) is 1.78. The molecule has 1 aromatic heterocycles. The van der Waals surface area contributed by atoms with Crippen LogP contribution in [0.15, 0.2) is 12.4 Å². The van der Waals surface area contributed by atoms with Crippen LogP contribution < -0.4 is 10.6 Å². The number of alkyl halides is 3. The van der Waals surface area contributed by atoms with Crippen molar-refractivity contribution in [3.05, 3.63) is 18.1 Å². The Labute approximate surface area is 109 Å². The monoisotopic (exact) mass is 282 g/mol. The van der Waals surface area contributed by atoms with Gasteiger partial charge in [0, 0.05) is 19.1 Å². The first-order valence-electron chi connectivity index (χ1n) is 5.25. The van der Waals surface area contributed by atoms with Gasteiger partial charge in [0.05, 0.1) is 12.4 Å². The smallest absolute Gasteiger partial charge is 0.355 e. The number of hydrogen-bond donors (Lipinski definition) is 1. The number of rotatable bonds is 2. The maximum absolute atomic E-state index is 12.3. The van der Waals surface area contributed by atoms with Crippen molar-refractivity contribution in [3.63, 3.8) is 0 Å². The lowest BCUT2D eigenvalue weighted by molar-refractivity contribution is -0.141. The average Bonchev–Trinajstić information content (AvgIpc) is 2.23. The second kappa shape index (κ2) is 5.27. The number of halogens is 4. The molecule has 0 saturated heterocycles. The Morgan fingerprint density at radius 3 is 2.28 bits per heavy atom. The van der Waals surface area contributed by atoms with Crippen LogP contribution in [0.3, 0.4) is 0 Å². The summed E-state index contributed by atoms with van der Waals surface area (Å²) >= 11 is 0. The van der Waals surface area contributed by atoms with E-state index in [9.17, 15) is 13.2 Å². The molecule has 0 radical (unpaired) electrons. The van der Waals surface area contributed by atoms with E-state index < -0.39 is 11.9 Å². The molecule has 0 unspecified atom stereocenters. The quantitative estimate of drug-likeness (QED) is 0.899. The summed E-state index contributed by atoms with van der Waals surface area (Å²) in [6, 6.07) is 0.431. The highest BCUT2D eigenvalue weighted by atomic mass is 35.5. The fraction of sp³-hybridized carbons (Fsp3) is 0.600. The van der Waals surface area contributed by atoms with Crippen molar-refractivity contribution in [1.82, 2.24) is 9.97 Å². The van der Waals surface area contributed by atoms with Gasteiger partial charge in [-0.1, -0.05) is 0 Å². The van der Waals surface area contributed by atoms with Crippen molar-refractivity contribution in [3.8, 4) is 0 Å². The highest BCUT2D eigenvalue weighted by Crippen LogP contribution is 2.29. The van der Waals surface area contributed by atoms with Gasteiger partial charge in [0.25, 0.3) is 0 Å². The van der Waals surface area contributed by atoms with Crippen molar-refractivity contribution in [1.29, 1.82) is 0 Å². The fourth-order valence-electron chi connectivity index (χ4n) is 1.78. The standard InChI is InChI=1S/C10H13F3N4.ClH/c1-17(7-2-6(14)3-7)9-5-15-8(4-16-9)10(11,12)13;/h4-7H,2-3,14H2,1H3;1H. The Bertz CT molecular complexity index is 389. The maximum atomic E-state index is 12.3. The highest BCUT2D eigenvalue weighted by molar-refractivity contribution is 5.85. The van der Waals surface area contributed by atoms with Crippen LogP contribution in [0.25, 0.3) is 0 Å². The van der Waals surface area contributed by atoms with Crippen molar-refractivity contribution < 1.29 is 13.2 Å². The lowest BCUT2D eigenvalue weighted by Gasteiger charge is -2.39. The second-order valence-electron chi connectivity index (χ2n) is 4.25. The molecule has 1 aliphatic rings. The average molecular weight is 283 g/mol. The van der Waals surface area contributed by atoms with Crippen LogP contribution in [0, 0.1) is 0 Å². The zero-order valence-electron chi connectivity index (χ0n) is 9.68. The van der Waals surface area contributed by atoms with Gasteiger partial charge in [-0.15, -0.1) is 12.4 Å². The minimum Gasteiger partial charge on any atom is -0.355 e. The van der Waals surface area contributed by atoms with Crippen molar-refractivity contribution in [2.45, 2.75) is 31.1 Å². The Morgan fingerprint density at radius 1 is 1.28 bits per heavy atom. The van der Waals surface area contributed by atoms with Crippen LogP contribution in [0.4, 0.5) is 19.0 Å².